The number of hydrogen-bond donors (Lipinski definition) is 0. The average Bonchev–Trinajstić information content (AvgIpc) is 2.65. The fourth-order valence-corrected chi connectivity index (χ4v) is 1.74. The fraction of sp³-hybridized carbons (Fsp3) is 0.333. The molecule has 74 valence electrons. The lowest BCUT2D eigenvalue weighted by Crippen LogP contribution is -2.31. The first kappa shape index (κ1) is 9.61. The van der Waals surface area contributed by atoms with Gasteiger partial charge in [-0.3, -0.25) is 4.79 Å². The van der Waals surface area contributed by atoms with Crippen molar-refractivity contribution >= 4 is 28.0 Å². The Labute approximate surface area is 90.0 Å². The van der Waals surface area contributed by atoms with Gasteiger partial charge in [0.2, 0.25) is 0 Å². The van der Waals surface area contributed by atoms with Gasteiger partial charge < -0.3 is 9.64 Å². The minimum absolute atomic E-state index is 0.489. The number of aromatic nitrogens is 1. The summed E-state index contributed by atoms with van der Waals surface area (Å²) in [6, 6.07) is 5.58. The molecule has 2 rings (SSSR count). The van der Waals surface area contributed by atoms with E-state index in [1.54, 1.807) is 0 Å². The highest BCUT2D eigenvalue weighted by molar-refractivity contribution is 9.10. The molecule has 0 bridgehead atoms. The van der Waals surface area contributed by atoms with E-state index in [9.17, 15) is 4.79 Å². The Morgan fingerprint density at radius 3 is 3.21 bits per heavy atom. The van der Waals surface area contributed by atoms with Crippen LogP contribution in [0.25, 0.3) is 0 Å². The van der Waals surface area contributed by atoms with Gasteiger partial charge in [-0.2, -0.15) is 0 Å². The second-order valence-corrected chi connectivity index (χ2v) is 3.72. The number of pyridine rings is 1. The minimum Gasteiger partial charge on any atom is -0.349 e. The third-order valence-corrected chi connectivity index (χ3v) is 2.48. The zero-order chi connectivity index (χ0) is 9.97. The highest BCUT2D eigenvalue weighted by Gasteiger charge is 2.25. The zero-order valence-electron chi connectivity index (χ0n) is 7.39. The average molecular weight is 257 g/mol. The summed E-state index contributed by atoms with van der Waals surface area (Å²) >= 11 is 3.28. The number of nitrogens with zero attached hydrogens (tertiary/aromatic N) is 2. The van der Waals surface area contributed by atoms with Gasteiger partial charge in [-0.05, 0) is 28.1 Å². The van der Waals surface area contributed by atoms with E-state index in [0.717, 1.165) is 16.7 Å². The summed E-state index contributed by atoms with van der Waals surface area (Å²) in [6.45, 7) is 1.27. The van der Waals surface area contributed by atoms with Crippen LogP contribution >= 0.6 is 15.9 Å². The van der Waals surface area contributed by atoms with Crippen molar-refractivity contribution in [2.24, 2.45) is 0 Å². The van der Waals surface area contributed by atoms with Crippen LogP contribution in [0.1, 0.15) is 0 Å². The maximum Gasteiger partial charge on any atom is 0.188 e. The van der Waals surface area contributed by atoms with E-state index in [-0.39, 0.29) is 0 Å². The molecule has 0 amide bonds. The summed E-state index contributed by atoms with van der Waals surface area (Å²) in [5.74, 6) is 0.758. The number of aldehydes is 1. The predicted octanol–water partition coefficient (Wildman–Crippen LogP) is 1.21. The third-order valence-electron chi connectivity index (χ3n) is 2.04. The molecule has 0 N–H and O–H groups in total. The van der Waals surface area contributed by atoms with Crippen LogP contribution in [0.15, 0.2) is 22.8 Å². The van der Waals surface area contributed by atoms with E-state index in [1.807, 2.05) is 23.1 Å². The molecule has 2 heterocycles. The van der Waals surface area contributed by atoms with Crippen molar-refractivity contribution < 1.29 is 9.53 Å². The second-order valence-electron chi connectivity index (χ2n) is 2.91. The van der Waals surface area contributed by atoms with Crippen LogP contribution in [0.3, 0.4) is 0 Å². The van der Waals surface area contributed by atoms with Crippen molar-refractivity contribution in [3.63, 3.8) is 0 Å². The fourth-order valence-electron chi connectivity index (χ4n) is 1.40. The molecule has 14 heavy (non-hydrogen) atoms. The van der Waals surface area contributed by atoms with Gasteiger partial charge in [0.25, 0.3) is 0 Å². The molecule has 0 radical (unpaired) electrons. The topological polar surface area (TPSA) is 42.4 Å². The highest BCUT2D eigenvalue weighted by atomic mass is 79.9. The van der Waals surface area contributed by atoms with Gasteiger partial charge in [0.05, 0.1) is 6.61 Å². The predicted molar refractivity (Wildman–Crippen MR) is 55.1 cm³/mol. The molecular weight excluding hydrogens is 248 g/mol. The van der Waals surface area contributed by atoms with E-state index in [1.165, 1.54) is 0 Å². The lowest BCUT2D eigenvalue weighted by molar-refractivity contribution is -0.115. The molecule has 5 heteroatoms. The molecule has 1 aromatic rings. The normalized spacial score (nSPS) is 21.2. The molecule has 4 nitrogen and oxygen atoms in total. The lowest BCUT2D eigenvalue weighted by atomic mass is 10.4. The summed E-state index contributed by atoms with van der Waals surface area (Å²) in [5.41, 5.74) is 0. The maximum atomic E-state index is 10.7. The Balaban J connectivity index is 2.25. The minimum atomic E-state index is -0.489. The van der Waals surface area contributed by atoms with Crippen LogP contribution in [0, 0.1) is 0 Å². The maximum absolute atomic E-state index is 10.7. The summed E-state index contributed by atoms with van der Waals surface area (Å²) < 4.78 is 5.97. The summed E-state index contributed by atoms with van der Waals surface area (Å²) in [6.07, 6.45) is 0.298. The van der Waals surface area contributed by atoms with Crippen molar-refractivity contribution in [1.82, 2.24) is 4.98 Å². The van der Waals surface area contributed by atoms with Crippen molar-refractivity contribution in [2.75, 3.05) is 18.1 Å². The van der Waals surface area contributed by atoms with E-state index >= 15 is 0 Å². The Morgan fingerprint density at radius 1 is 1.64 bits per heavy atom. The van der Waals surface area contributed by atoms with Gasteiger partial charge in [-0.25, -0.2) is 4.98 Å². The molecule has 1 aromatic heterocycles. The Morgan fingerprint density at radius 2 is 2.50 bits per heavy atom. The monoisotopic (exact) mass is 256 g/mol. The molecule has 0 saturated carbocycles. The van der Waals surface area contributed by atoms with Crippen molar-refractivity contribution in [3.8, 4) is 0 Å². The number of carbonyl (C=O) groups excluding carboxylic acids is 1. The number of anilines is 1. The van der Waals surface area contributed by atoms with Crippen LogP contribution in [0.2, 0.25) is 0 Å². The number of hydrogen-bond acceptors (Lipinski definition) is 4. The van der Waals surface area contributed by atoms with Crippen LogP contribution in [0.5, 0.6) is 0 Å². The lowest BCUT2D eigenvalue weighted by Gasteiger charge is -2.19. The van der Waals surface area contributed by atoms with Crippen molar-refractivity contribution in [3.05, 3.63) is 22.8 Å². The molecular formula is C9H9BrN2O2. The number of rotatable bonds is 2. The highest BCUT2D eigenvalue weighted by Crippen LogP contribution is 2.20. The van der Waals surface area contributed by atoms with E-state index < -0.39 is 6.23 Å². The molecule has 1 unspecified atom stereocenters. The molecule has 0 spiro atoms. The quantitative estimate of drug-likeness (QED) is 0.590. The Hall–Kier alpha value is -0.940. The van der Waals surface area contributed by atoms with Gasteiger partial charge in [0.1, 0.15) is 10.4 Å². The molecule has 0 aromatic carbocycles. The number of ether oxygens (including phenoxy) is 1. The largest absolute Gasteiger partial charge is 0.349 e. The Kier molecular flexibility index (Phi) is 2.79. The third kappa shape index (κ3) is 1.78. The van der Waals surface area contributed by atoms with Gasteiger partial charge in [-0.1, -0.05) is 6.07 Å². The summed E-state index contributed by atoms with van der Waals surface area (Å²) in [7, 11) is 0. The number of carbonyl (C=O) groups is 1. The van der Waals surface area contributed by atoms with Gasteiger partial charge >= 0.3 is 0 Å². The molecule has 1 saturated heterocycles. The number of halogens is 1. The van der Waals surface area contributed by atoms with E-state index in [2.05, 4.69) is 20.9 Å². The Bertz CT molecular complexity index is 345. The van der Waals surface area contributed by atoms with Crippen molar-refractivity contribution in [2.45, 2.75) is 6.23 Å². The smallest absolute Gasteiger partial charge is 0.188 e. The second kappa shape index (κ2) is 4.06. The molecule has 1 atom stereocenters. The molecule has 1 aliphatic heterocycles. The van der Waals surface area contributed by atoms with Gasteiger partial charge in [0, 0.05) is 6.54 Å². The standard InChI is InChI=1S/C9H9BrN2O2/c10-7-2-1-3-8(11-7)12-4-5-14-9(12)6-13/h1-3,6,9H,4-5H2. The van der Waals surface area contributed by atoms with E-state index in [4.69, 9.17) is 4.74 Å². The van der Waals surface area contributed by atoms with Gasteiger partial charge in [0.15, 0.2) is 12.5 Å². The van der Waals surface area contributed by atoms with E-state index in [0.29, 0.717) is 13.2 Å². The summed E-state index contributed by atoms with van der Waals surface area (Å²) in [4.78, 5) is 16.8. The molecule has 1 aliphatic rings. The van der Waals surface area contributed by atoms with Crippen LogP contribution < -0.4 is 4.90 Å². The van der Waals surface area contributed by atoms with Crippen molar-refractivity contribution in [1.29, 1.82) is 0 Å². The van der Waals surface area contributed by atoms with Crippen LogP contribution in [-0.4, -0.2) is 30.6 Å². The van der Waals surface area contributed by atoms with Gasteiger partial charge in [-0.15, -0.1) is 0 Å². The SMILES string of the molecule is O=CC1OCCN1c1cccc(Br)n1. The molecule has 1 fully saturated rings. The first-order valence-corrected chi connectivity index (χ1v) is 5.06. The first-order chi connectivity index (χ1) is 6.81. The summed E-state index contributed by atoms with van der Waals surface area (Å²) in [5, 5.41) is 0. The molecule has 0 aliphatic carbocycles. The van der Waals surface area contributed by atoms with Crippen LogP contribution in [-0.2, 0) is 9.53 Å². The zero-order valence-corrected chi connectivity index (χ0v) is 8.98. The van der Waals surface area contributed by atoms with Crippen LogP contribution in [0.4, 0.5) is 5.82 Å². The first-order valence-electron chi connectivity index (χ1n) is 4.27.